The molecule has 0 aliphatic carbocycles. The highest BCUT2D eigenvalue weighted by Crippen LogP contribution is 2.30. The number of benzene rings is 2. The second kappa shape index (κ2) is 9.81. The molecule has 2 aromatic carbocycles. The molecule has 0 radical (unpaired) electrons. The van der Waals surface area contributed by atoms with Crippen molar-refractivity contribution in [2.45, 2.75) is 18.9 Å². The smallest absolute Gasteiger partial charge is 0.260 e. The third-order valence-electron chi connectivity index (χ3n) is 4.64. The van der Waals surface area contributed by atoms with Gasteiger partial charge in [0.1, 0.15) is 5.75 Å². The molecule has 3 rings (SSSR count). The highest BCUT2D eigenvalue weighted by molar-refractivity contribution is 6.32. The third kappa shape index (κ3) is 5.13. The van der Waals surface area contributed by atoms with E-state index >= 15 is 0 Å². The lowest BCUT2D eigenvalue weighted by Crippen LogP contribution is -2.45. The van der Waals surface area contributed by atoms with E-state index in [-0.39, 0.29) is 31.0 Å². The summed E-state index contributed by atoms with van der Waals surface area (Å²) in [6.45, 7) is 1.91. The minimum Gasteiger partial charge on any atom is -0.482 e. The number of likely N-dealkylation sites (N-methyl/N-ethyl adjacent to an activating group) is 1. The minimum atomic E-state index is -0.0184. The maximum Gasteiger partial charge on any atom is 0.260 e. The number of halogens is 2. The number of nitrogens with zero attached hydrogens (tertiary/aromatic N) is 1. The Morgan fingerprint density at radius 1 is 1.15 bits per heavy atom. The van der Waals surface area contributed by atoms with E-state index in [1.807, 2.05) is 55.6 Å². The number of rotatable bonds is 5. The van der Waals surface area contributed by atoms with E-state index in [4.69, 9.17) is 16.3 Å². The highest BCUT2D eigenvalue weighted by atomic mass is 35.5. The summed E-state index contributed by atoms with van der Waals surface area (Å²) in [6, 6.07) is 16.0. The molecule has 140 valence electrons. The number of nitrogens with one attached hydrogen (secondary N) is 1. The Morgan fingerprint density at radius 3 is 2.50 bits per heavy atom. The maximum atomic E-state index is 12.4. The van der Waals surface area contributed by atoms with Gasteiger partial charge in [0.2, 0.25) is 0 Å². The monoisotopic (exact) mass is 394 g/mol. The molecule has 0 aromatic heterocycles. The van der Waals surface area contributed by atoms with Crippen molar-refractivity contribution in [3.63, 3.8) is 0 Å². The first-order valence-electron chi connectivity index (χ1n) is 8.59. The molecule has 1 saturated heterocycles. The van der Waals surface area contributed by atoms with Crippen molar-refractivity contribution in [2.75, 3.05) is 26.7 Å². The summed E-state index contributed by atoms with van der Waals surface area (Å²) in [5, 5.41) is 3.82. The molecule has 1 aliphatic rings. The second-order valence-electron chi connectivity index (χ2n) is 6.29. The van der Waals surface area contributed by atoms with E-state index in [2.05, 4.69) is 5.32 Å². The lowest BCUT2D eigenvalue weighted by atomic mass is 10.1. The predicted molar refractivity (Wildman–Crippen MR) is 108 cm³/mol. The highest BCUT2D eigenvalue weighted by Gasteiger charge is 2.22. The quantitative estimate of drug-likeness (QED) is 0.832. The van der Waals surface area contributed by atoms with Crippen LogP contribution in [0, 0.1) is 0 Å². The number of carbonyl (C=O) groups excluding carboxylic acids is 1. The lowest BCUT2D eigenvalue weighted by molar-refractivity contribution is -0.134. The first kappa shape index (κ1) is 20.6. The second-order valence-corrected chi connectivity index (χ2v) is 6.69. The molecule has 0 unspecified atom stereocenters. The van der Waals surface area contributed by atoms with Gasteiger partial charge >= 0.3 is 0 Å². The molecule has 1 amide bonds. The first-order chi connectivity index (χ1) is 12.1. The van der Waals surface area contributed by atoms with Crippen LogP contribution >= 0.6 is 24.0 Å². The molecular formula is C20H24Cl2N2O2. The number of ether oxygens (including phenoxy) is 1. The number of carbonyl (C=O) groups is 1. The van der Waals surface area contributed by atoms with Crippen molar-refractivity contribution in [1.29, 1.82) is 0 Å². The molecular weight excluding hydrogens is 371 g/mol. The van der Waals surface area contributed by atoms with Gasteiger partial charge in [0.05, 0.1) is 5.02 Å². The molecule has 1 fully saturated rings. The lowest BCUT2D eigenvalue weighted by Gasteiger charge is -2.31. The van der Waals surface area contributed by atoms with E-state index < -0.39 is 0 Å². The predicted octanol–water partition coefficient (Wildman–Crippen LogP) is 4.02. The van der Waals surface area contributed by atoms with Crippen molar-refractivity contribution >= 4 is 29.9 Å². The molecule has 1 heterocycles. The van der Waals surface area contributed by atoms with Crippen LogP contribution in [-0.2, 0) is 4.79 Å². The number of piperidine rings is 1. The van der Waals surface area contributed by atoms with Crippen LogP contribution in [0.4, 0.5) is 0 Å². The summed E-state index contributed by atoms with van der Waals surface area (Å²) in [6.07, 6.45) is 1.96. The van der Waals surface area contributed by atoms with Crippen molar-refractivity contribution in [3.05, 3.63) is 53.6 Å². The van der Waals surface area contributed by atoms with Crippen LogP contribution in [-0.4, -0.2) is 43.6 Å². The van der Waals surface area contributed by atoms with Gasteiger partial charge in [0, 0.05) is 13.1 Å². The molecule has 0 bridgehead atoms. The van der Waals surface area contributed by atoms with Gasteiger partial charge in [-0.1, -0.05) is 48.0 Å². The van der Waals surface area contributed by atoms with Crippen LogP contribution in [0.25, 0.3) is 11.1 Å². The van der Waals surface area contributed by atoms with Crippen molar-refractivity contribution in [3.8, 4) is 16.9 Å². The van der Waals surface area contributed by atoms with Crippen molar-refractivity contribution < 1.29 is 9.53 Å². The Balaban J connectivity index is 0.00000243. The summed E-state index contributed by atoms with van der Waals surface area (Å²) in [7, 11) is 1.85. The Kier molecular flexibility index (Phi) is 7.76. The van der Waals surface area contributed by atoms with E-state index in [1.54, 1.807) is 4.90 Å². The van der Waals surface area contributed by atoms with E-state index in [0.29, 0.717) is 10.8 Å². The Morgan fingerprint density at radius 2 is 1.85 bits per heavy atom. The Bertz CT molecular complexity index is 719. The topological polar surface area (TPSA) is 41.6 Å². The number of hydrogen-bond acceptors (Lipinski definition) is 3. The summed E-state index contributed by atoms with van der Waals surface area (Å²) in [5.41, 5.74) is 2.12. The van der Waals surface area contributed by atoms with E-state index in [1.165, 1.54) is 0 Å². The van der Waals surface area contributed by atoms with Gasteiger partial charge in [-0.05, 0) is 49.2 Å². The Labute approximate surface area is 165 Å². The molecule has 0 spiro atoms. The Hall–Kier alpha value is -1.75. The standard InChI is InChI=1S/C20H23ClN2O2.ClH/c1-23(17-9-11-22-12-10-17)20(24)14-25-19-8-7-16(13-18(19)21)15-5-3-2-4-6-15;/h2-8,13,17,22H,9-12,14H2,1H3;1H. The van der Waals surface area contributed by atoms with Crippen LogP contribution < -0.4 is 10.1 Å². The van der Waals surface area contributed by atoms with Crippen molar-refractivity contribution in [1.82, 2.24) is 10.2 Å². The van der Waals surface area contributed by atoms with Gasteiger partial charge in [-0.3, -0.25) is 4.79 Å². The zero-order valence-corrected chi connectivity index (χ0v) is 16.4. The summed E-state index contributed by atoms with van der Waals surface area (Å²) in [4.78, 5) is 14.2. The minimum absolute atomic E-state index is 0. The molecule has 26 heavy (non-hydrogen) atoms. The zero-order chi connectivity index (χ0) is 17.6. The molecule has 1 N–H and O–H groups in total. The van der Waals surface area contributed by atoms with Crippen molar-refractivity contribution in [2.24, 2.45) is 0 Å². The van der Waals surface area contributed by atoms with Gasteiger partial charge in [-0.2, -0.15) is 0 Å². The van der Waals surface area contributed by atoms with Crippen LogP contribution in [0.5, 0.6) is 5.75 Å². The fourth-order valence-electron chi connectivity index (χ4n) is 3.07. The van der Waals surface area contributed by atoms with E-state index in [9.17, 15) is 4.79 Å². The third-order valence-corrected chi connectivity index (χ3v) is 4.94. The molecule has 2 aromatic rings. The fraction of sp³-hybridized carbons (Fsp3) is 0.350. The average Bonchev–Trinajstić information content (AvgIpc) is 2.67. The van der Waals surface area contributed by atoms with Gasteiger partial charge < -0.3 is 15.0 Å². The summed E-state index contributed by atoms with van der Waals surface area (Å²) >= 11 is 6.33. The molecule has 0 atom stereocenters. The normalized spacial score (nSPS) is 14.4. The van der Waals surface area contributed by atoms with Crippen LogP contribution in [0.3, 0.4) is 0 Å². The molecule has 0 saturated carbocycles. The SMILES string of the molecule is CN(C(=O)COc1ccc(-c2ccccc2)cc1Cl)C1CCNCC1.Cl. The molecule has 4 nitrogen and oxygen atoms in total. The largest absolute Gasteiger partial charge is 0.482 e. The van der Waals surface area contributed by atoms with Gasteiger partial charge in [-0.15, -0.1) is 12.4 Å². The summed E-state index contributed by atoms with van der Waals surface area (Å²) in [5.74, 6) is 0.517. The zero-order valence-electron chi connectivity index (χ0n) is 14.8. The van der Waals surface area contributed by atoms with Gasteiger partial charge in [0.25, 0.3) is 5.91 Å². The fourth-order valence-corrected chi connectivity index (χ4v) is 3.30. The van der Waals surface area contributed by atoms with Crippen LogP contribution in [0.15, 0.2) is 48.5 Å². The molecule has 1 aliphatic heterocycles. The summed E-state index contributed by atoms with van der Waals surface area (Å²) < 4.78 is 5.66. The first-order valence-corrected chi connectivity index (χ1v) is 8.97. The van der Waals surface area contributed by atoms with Crippen LogP contribution in [0.2, 0.25) is 5.02 Å². The van der Waals surface area contributed by atoms with Crippen LogP contribution in [0.1, 0.15) is 12.8 Å². The van der Waals surface area contributed by atoms with Gasteiger partial charge in [0.15, 0.2) is 6.61 Å². The number of amides is 1. The average molecular weight is 395 g/mol. The maximum absolute atomic E-state index is 12.4. The van der Waals surface area contributed by atoms with Gasteiger partial charge in [-0.25, -0.2) is 0 Å². The number of hydrogen-bond donors (Lipinski definition) is 1. The molecule has 6 heteroatoms. The van der Waals surface area contributed by atoms with E-state index in [0.717, 1.165) is 37.1 Å².